The van der Waals surface area contributed by atoms with Crippen LogP contribution < -0.4 is 5.32 Å². The SMILES string of the molecule is CC(C)NCC1(CCCC2CCCO2)CCOC1. The van der Waals surface area contributed by atoms with Crippen LogP contribution in [0.1, 0.15) is 52.4 Å². The minimum Gasteiger partial charge on any atom is -0.381 e. The molecule has 0 radical (unpaired) electrons. The Kier molecular flexibility index (Phi) is 5.46. The molecule has 0 aromatic rings. The molecule has 2 aliphatic rings. The fraction of sp³-hybridized carbons (Fsp3) is 1.00. The van der Waals surface area contributed by atoms with Crippen molar-refractivity contribution in [3.63, 3.8) is 0 Å². The van der Waals surface area contributed by atoms with E-state index in [1.807, 2.05) is 0 Å². The summed E-state index contributed by atoms with van der Waals surface area (Å²) >= 11 is 0. The number of nitrogens with one attached hydrogen (secondary N) is 1. The van der Waals surface area contributed by atoms with E-state index in [9.17, 15) is 0 Å². The Labute approximate surface area is 112 Å². The number of ether oxygens (including phenoxy) is 2. The summed E-state index contributed by atoms with van der Waals surface area (Å²) in [5.74, 6) is 0. The van der Waals surface area contributed by atoms with Gasteiger partial charge in [-0.25, -0.2) is 0 Å². The van der Waals surface area contributed by atoms with E-state index in [1.165, 1.54) is 38.5 Å². The van der Waals surface area contributed by atoms with Crippen LogP contribution in [0, 0.1) is 5.41 Å². The average Bonchev–Trinajstić information content (AvgIpc) is 2.98. The third-order valence-corrected chi connectivity index (χ3v) is 4.33. The molecular formula is C15H29NO2. The van der Waals surface area contributed by atoms with Crippen molar-refractivity contribution in [3.8, 4) is 0 Å². The van der Waals surface area contributed by atoms with Gasteiger partial charge in [-0.3, -0.25) is 0 Å². The highest BCUT2D eigenvalue weighted by atomic mass is 16.5. The highest BCUT2D eigenvalue weighted by molar-refractivity contribution is 4.86. The van der Waals surface area contributed by atoms with Crippen LogP contribution >= 0.6 is 0 Å². The first-order valence-corrected chi connectivity index (χ1v) is 7.63. The van der Waals surface area contributed by atoms with Crippen LogP contribution in [-0.4, -0.2) is 38.5 Å². The third-order valence-electron chi connectivity index (χ3n) is 4.33. The number of hydrogen-bond donors (Lipinski definition) is 1. The molecule has 2 saturated heterocycles. The van der Waals surface area contributed by atoms with E-state index in [2.05, 4.69) is 19.2 Å². The first-order valence-electron chi connectivity index (χ1n) is 7.63. The van der Waals surface area contributed by atoms with Crippen molar-refractivity contribution < 1.29 is 9.47 Å². The molecule has 2 aliphatic heterocycles. The van der Waals surface area contributed by atoms with Gasteiger partial charge in [0.25, 0.3) is 0 Å². The normalized spacial score (nSPS) is 32.5. The van der Waals surface area contributed by atoms with Crippen LogP contribution in [0.25, 0.3) is 0 Å². The molecule has 0 saturated carbocycles. The lowest BCUT2D eigenvalue weighted by Crippen LogP contribution is -2.38. The monoisotopic (exact) mass is 255 g/mol. The van der Waals surface area contributed by atoms with Crippen LogP contribution in [0.3, 0.4) is 0 Å². The Morgan fingerprint density at radius 1 is 1.33 bits per heavy atom. The van der Waals surface area contributed by atoms with Crippen LogP contribution in [-0.2, 0) is 9.47 Å². The molecule has 0 aromatic carbocycles. The Morgan fingerprint density at radius 2 is 2.22 bits per heavy atom. The quantitative estimate of drug-likeness (QED) is 0.759. The van der Waals surface area contributed by atoms with Crippen LogP contribution in [0.15, 0.2) is 0 Å². The van der Waals surface area contributed by atoms with Crippen LogP contribution in [0.4, 0.5) is 0 Å². The van der Waals surface area contributed by atoms with Gasteiger partial charge >= 0.3 is 0 Å². The summed E-state index contributed by atoms with van der Waals surface area (Å²) in [6, 6.07) is 0.570. The molecule has 0 amide bonds. The summed E-state index contributed by atoms with van der Waals surface area (Å²) in [7, 11) is 0. The maximum Gasteiger partial charge on any atom is 0.0576 e. The average molecular weight is 255 g/mol. The Hall–Kier alpha value is -0.120. The van der Waals surface area contributed by atoms with Gasteiger partial charge in [-0.15, -0.1) is 0 Å². The van der Waals surface area contributed by atoms with Crippen molar-refractivity contribution in [3.05, 3.63) is 0 Å². The van der Waals surface area contributed by atoms with Crippen molar-refractivity contribution in [2.24, 2.45) is 5.41 Å². The topological polar surface area (TPSA) is 30.5 Å². The van der Waals surface area contributed by atoms with E-state index >= 15 is 0 Å². The largest absolute Gasteiger partial charge is 0.381 e. The fourth-order valence-corrected chi connectivity index (χ4v) is 3.07. The maximum atomic E-state index is 5.70. The second kappa shape index (κ2) is 6.88. The second-order valence-corrected chi connectivity index (χ2v) is 6.37. The van der Waals surface area contributed by atoms with Crippen molar-refractivity contribution in [2.75, 3.05) is 26.4 Å². The molecular weight excluding hydrogens is 226 g/mol. The number of hydrogen-bond acceptors (Lipinski definition) is 3. The summed E-state index contributed by atoms with van der Waals surface area (Å²) in [6.07, 6.45) is 8.10. The second-order valence-electron chi connectivity index (χ2n) is 6.37. The minimum absolute atomic E-state index is 0.392. The van der Waals surface area contributed by atoms with Gasteiger partial charge in [-0.05, 0) is 32.1 Å². The smallest absolute Gasteiger partial charge is 0.0576 e. The lowest BCUT2D eigenvalue weighted by Gasteiger charge is -2.29. The highest BCUT2D eigenvalue weighted by Crippen LogP contribution is 2.34. The highest BCUT2D eigenvalue weighted by Gasteiger charge is 2.34. The fourth-order valence-electron chi connectivity index (χ4n) is 3.07. The Bertz CT molecular complexity index is 231. The standard InChI is InChI=1S/C15H29NO2/c1-13(2)16-11-15(8-10-17-12-15)7-3-5-14-6-4-9-18-14/h13-14,16H,3-12H2,1-2H3. The van der Waals surface area contributed by atoms with Gasteiger partial charge in [0, 0.05) is 31.2 Å². The molecule has 0 aromatic heterocycles. The zero-order chi connectivity index (χ0) is 12.8. The maximum absolute atomic E-state index is 5.70. The van der Waals surface area contributed by atoms with Crippen LogP contribution in [0.2, 0.25) is 0 Å². The summed E-state index contributed by atoms with van der Waals surface area (Å²) in [6.45, 7) is 8.41. The molecule has 2 atom stereocenters. The van der Waals surface area contributed by atoms with Gasteiger partial charge in [-0.1, -0.05) is 20.3 Å². The third kappa shape index (κ3) is 4.22. The van der Waals surface area contributed by atoms with Crippen molar-refractivity contribution in [1.82, 2.24) is 5.32 Å². The molecule has 0 bridgehead atoms. The van der Waals surface area contributed by atoms with Gasteiger partial charge in [-0.2, -0.15) is 0 Å². The molecule has 2 fully saturated rings. The van der Waals surface area contributed by atoms with E-state index in [-0.39, 0.29) is 0 Å². The molecule has 1 N–H and O–H groups in total. The summed E-state index contributed by atoms with van der Waals surface area (Å²) < 4.78 is 11.3. The predicted octanol–water partition coefficient (Wildman–Crippen LogP) is 2.74. The van der Waals surface area contributed by atoms with E-state index in [0.29, 0.717) is 17.6 Å². The van der Waals surface area contributed by atoms with E-state index in [4.69, 9.17) is 9.47 Å². The molecule has 2 unspecified atom stereocenters. The van der Waals surface area contributed by atoms with E-state index in [0.717, 1.165) is 26.4 Å². The van der Waals surface area contributed by atoms with Gasteiger partial charge in [0.05, 0.1) is 12.7 Å². The molecule has 106 valence electrons. The minimum atomic E-state index is 0.392. The molecule has 0 spiro atoms. The lowest BCUT2D eigenvalue weighted by atomic mass is 9.81. The van der Waals surface area contributed by atoms with Gasteiger partial charge in [0.1, 0.15) is 0 Å². The zero-order valence-corrected chi connectivity index (χ0v) is 12.0. The Balaban J connectivity index is 1.71. The van der Waals surface area contributed by atoms with Gasteiger partial charge < -0.3 is 14.8 Å². The van der Waals surface area contributed by atoms with Crippen molar-refractivity contribution in [2.45, 2.75) is 64.5 Å². The zero-order valence-electron chi connectivity index (χ0n) is 12.0. The molecule has 2 rings (SSSR count). The van der Waals surface area contributed by atoms with E-state index in [1.54, 1.807) is 0 Å². The van der Waals surface area contributed by atoms with Gasteiger partial charge in [0.15, 0.2) is 0 Å². The lowest BCUT2D eigenvalue weighted by molar-refractivity contribution is 0.0935. The molecule has 3 heteroatoms. The molecule has 2 heterocycles. The van der Waals surface area contributed by atoms with Gasteiger partial charge in [0.2, 0.25) is 0 Å². The predicted molar refractivity (Wildman–Crippen MR) is 73.8 cm³/mol. The van der Waals surface area contributed by atoms with Crippen LogP contribution in [0.5, 0.6) is 0 Å². The van der Waals surface area contributed by atoms with E-state index < -0.39 is 0 Å². The summed E-state index contributed by atoms with van der Waals surface area (Å²) in [5, 5.41) is 3.60. The summed E-state index contributed by atoms with van der Waals surface area (Å²) in [4.78, 5) is 0. The molecule has 0 aliphatic carbocycles. The summed E-state index contributed by atoms with van der Waals surface area (Å²) in [5.41, 5.74) is 0.392. The molecule has 18 heavy (non-hydrogen) atoms. The first kappa shape index (κ1) is 14.3. The molecule has 3 nitrogen and oxygen atoms in total. The van der Waals surface area contributed by atoms with Crippen molar-refractivity contribution in [1.29, 1.82) is 0 Å². The first-order chi connectivity index (χ1) is 8.70. The van der Waals surface area contributed by atoms with Crippen molar-refractivity contribution >= 4 is 0 Å². The number of rotatable bonds is 7. The Morgan fingerprint density at radius 3 is 2.83 bits per heavy atom.